The van der Waals surface area contributed by atoms with E-state index in [0.717, 1.165) is 30.3 Å². The van der Waals surface area contributed by atoms with Crippen LogP contribution in [-0.2, 0) is 11.3 Å². The number of aliphatic hydroxyl groups is 1. The summed E-state index contributed by atoms with van der Waals surface area (Å²) >= 11 is 0. The second-order valence-corrected chi connectivity index (χ2v) is 5.80. The zero-order valence-electron chi connectivity index (χ0n) is 12.5. The van der Waals surface area contributed by atoms with Crippen LogP contribution in [-0.4, -0.2) is 22.4 Å². The number of methoxy groups -OCH3 is 1. The van der Waals surface area contributed by atoms with Crippen molar-refractivity contribution in [1.29, 1.82) is 0 Å². The number of hydrogen-bond donors (Lipinski definition) is 1. The number of aromatic nitrogens is 1. The summed E-state index contributed by atoms with van der Waals surface area (Å²) in [5.41, 5.74) is 1.87. The standard InChI is InChI=1S/C16H21NO4/c1-3-17-12-6-5-11(9-14(12)21-15(17)19)13(18)10-16(20-2)7-4-8-16/h5-6,9,13,18H,3-4,7-8,10H2,1-2H3. The summed E-state index contributed by atoms with van der Waals surface area (Å²) in [5.74, 6) is -0.355. The van der Waals surface area contributed by atoms with Gasteiger partial charge in [-0.05, 0) is 43.9 Å². The van der Waals surface area contributed by atoms with Gasteiger partial charge in [-0.2, -0.15) is 0 Å². The normalized spacial score (nSPS) is 18.6. The predicted octanol–water partition coefficient (Wildman–Crippen LogP) is 2.61. The van der Waals surface area contributed by atoms with Gasteiger partial charge in [0.2, 0.25) is 0 Å². The van der Waals surface area contributed by atoms with E-state index in [1.165, 1.54) is 0 Å². The van der Waals surface area contributed by atoms with Crippen LogP contribution in [0.4, 0.5) is 0 Å². The van der Waals surface area contributed by atoms with Crippen molar-refractivity contribution in [1.82, 2.24) is 4.57 Å². The molecule has 1 unspecified atom stereocenters. The number of benzene rings is 1. The molecule has 0 aliphatic heterocycles. The molecule has 0 spiro atoms. The van der Waals surface area contributed by atoms with E-state index in [2.05, 4.69) is 0 Å². The van der Waals surface area contributed by atoms with Crippen LogP contribution in [0.3, 0.4) is 0 Å². The third-order valence-electron chi connectivity index (χ3n) is 4.66. The smallest absolute Gasteiger partial charge is 0.408 e. The van der Waals surface area contributed by atoms with Crippen LogP contribution in [0.5, 0.6) is 0 Å². The van der Waals surface area contributed by atoms with E-state index in [9.17, 15) is 9.90 Å². The van der Waals surface area contributed by atoms with Gasteiger partial charge in [-0.3, -0.25) is 4.57 Å². The summed E-state index contributed by atoms with van der Waals surface area (Å²) in [7, 11) is 1.70. The number of fused-ring (bicyclic) bond motifs is 1. The van der Waals surface area contributed by atoms with Crippen molar-refractivity contribution < 1.29 is 14.3 Å². The Morgan fingerprint density at radius 2 is 2.24 bits per heavy atom. The van der Waals surface area contributed by atoms with Crippen LogP contribution in [0, 0.1) is 0 Å². The van der Waals surface area contributed by atoms with Gasteiger partial charge in [0.15, 0.2) is 5.58 Å². The molecule has 114 valence electrons. The first-order valence-electron chi connectivity index (χ1n) is 7.45. The second kappa shape index (κ2) is 5.31. The first-order valence-corrected chi connectivity index (χ1v) is 7.45. The van der Waals surface area contributed by atoms with Crippen LogP contribution in [0.15, 0.2) is 27.4 Å². The van der Waals surface area contributed by atoms with E-state index < -0.39 is 6.10 Å². The molecule has 2 aromatic rings. The van der Waals surface area contributed by atoms with Crippen LogP contribution in [0.25, 0.3) is 11.1 Å². The van der Waals surface area contributed by atoms with Gasteiger partial charge in [0, 0.05) is 20.1 Å². The van der Waals surface area contributed by atoms with Crippen molar-refractivity contribution in [2.45, 2.75) is 50.9 Å². The molecule has 0 amide bonds. The lowest BCUT2D eigenvalue weighted by molar-refractivity contribution is -0.0999. The number of rotatable bonds is 5. The minimum Gasteiger partial charge on any atom is -0.408 e. The molecule has 3 rings (SSSR count). The Kier molecular flexibility index (Phi) is 3.63. The Balaban J connectivity index is 1.88. The van der Waals surface area contributed by atoms with Crippen molar-refractivity contribution in [3.63, 3.8) is 0 Å². The van der Waals surface area contributed by atoms with E-state index in [0.29, 0.717) is 18.5 Å². The van der Waals surface area contributed by atoms with Crippen LogP contribution >= 0.6 is 0 Å². The average molecular weight is 291 g/mol. The average Bonchev–Trinajstić information content (AvgIpc) is 2.76. The number of aliphatic hydroxyl groups excluding tert-OH is 1. The molecule has 5 nitrogen and oxygen atoms in total. The number of nitrogens with zero attached hydrogens (tertiary/aromatic N) is 1. The van der Waals surface area contributed by atoms with Crippen LogP contribution < -0.4 is 5.76 Å². The summed E-state index contributed by atoms with van der Waals surface area (Å²) < 4.78 is 12.4. The summed E-state index contributed by atoms with van der Waals surface area (Å²) in [4.78, 5) is 11.7. The fourth-order valence-electron chi connectivity index (χ4n) is 3.12. The molecule has 5 heteroatoms. The van der Waals surface area contributed by atoms with Gasteiger partial charge < -0.3 is 14.3 Å². The van der Waals surface area contributed by atoms with Crippen molar-refractivity contribution in [2.24, 2.45) is 0 Å². The predicted molar refractivity (Wildman–Crippen MR) is 79.3 cm³/mol. The third-order valence-corrected chi connectivity index (χ3v) is 4.66. The zero-order valence-corrected chi connectivity index (χ0v) is 12.5. The molecular weight excluding hydrogens is 270 g/mol. The van der Waals surface area contributed by atoms with E-state index >= 15 is 0 Å². The van der Waals surface area contributed by atoms with Gasteiger partial charge in [0.25, 0.3) is 0 Å². The highest BCUT2D eigenvalue weighted by Crippen LogP contribution is 2.42. The molecule has 1 N–H and O–H groups in total. The number of aryl methyl sites for hydroxylation is 1. The molecule has 0 bridgehead atoms. The maximum Gasteiger partial charge on any atom is 0.419 e. The zero-order chi connectivity index (χ0) is 15.0. The Morgan fingerprint density at radius 3 is 2.81 bits per heavy atom. The molecule has 1 heterocycles. The minimum absolute atomic E-state index is 0.190. The summed E-state index contributed by atoms with van der Waals surface area (Å²) in [6.07, 6.45) is 3.10. The van der Waals surface area contributed by atoms with E-state index in [1.54, 1.807) is 17.7 Å². The highest BCUT2D eigenvalue weighted by molar-refractivity contribution is 5.73. The van der Waals surface area contributed by atoms with Crippen molar-refractivity contribution in [3.05, 3.63) is 34.3 Å². The van der Waals surface area contributed by atoms with E-state index in [-0.39, 0.29) is 11.4 Å². The summed E-state index contributed by atoms with van der Waals surface area (Å²) in [6, 6.07) is 5.45. The lowest BCUT2D eigenvalue weighted by Crippen LogP contribution is -2.40. The first-order chi connectivity index (χ1) is 10.1. The third kappa shape index (κ3) is 2.40. The van der Waals surface area contributed by atoms with Crippen LogP contribution in [0.1, 0.15) is 44.3 Å². The second-order valence-electron chi connectivity index (χ2n) is 5.80. The van der Waals surface area contributed by atoms with Crippen molar-refractivity contribution >= 4 is 11.1 Å². The Hall–Kier alpha value is -1.59. The largest absolute Gasteiger partial charge is 0.419 e. The number of ether oxygens (including phenoxy) is 1. The van der Waals surface area contributed by atoms with Gasteiger partial charge in [-0.15, -0.1) is 0 Å². The van der Waals surface area contributed by atoms with Gasteiger partial charge >= 0.3 is 5.76 Å². The quantitative estimate of drug-likeness (QED) is 0.919. The molecule has 1 aliphatic rings. The molecular formula is C16H21NO4. The molecule has 0 saturated heterocycles. The fourth-order valence-corrected chi connectivity index (χ4v) is 3.12. The molecule has 1 aliphatic carbocycles. The highest BCUT2D eigenvalue weighted by atomic mass is 16.5. The minimum atomic E-state index is -0.607. The van der Waals surface area contributed by atoms with E-state index in [1.807, 2.05) is 19.1 Å². The van der Waals surface area contributed by atoms with Gasteiger partial charge in [-0.25, -0.2) is 4.79 Å². The summed E-state index contributed by atoms with van der Waals surface area (Å²) in [6.45, 7) is 2.47. The van der Waals surface area contributed by atoms with Gasteiger partial charge in [-0.1, -0.05) is 6.07 Å². The first kappa shape index (κ1) is 14.4. The maximum absolute atomic E-state index is 11.7. The molecule has 1 fully saturated rings. The van der Waals surface area contributed by atoms with Crippen molar-refractivity contribution in [3.8, 4) is 0 Å². The number of oxazole rings is 1. The lowest BCUT2D eigenvalue weighted by Gasteiger charge is -2.41. The van der Waals surface area contributed by atoms with Gasteiger partial charge in [0.05, 0.1) is 17.2 Å². The topological polar surface area (TPSA) is 64.6 Å². The Labute approximate surface area is 123 Å². The monoisotopic (exact) mass is 291 g/mol. The Morgan fingerprint density at radius 1 is 1.48 bits per heavy atom. The molecule has 0 radical (unpaired) electrons. The SMILES string of the molecule is CCn1c(=O)oc2cc(C(O)CC3(OC)CCC3)ccc21. The number of hydrogen-bond acceptors (Lipinski definition) is 4. The van der Waals surface area contributed by atoms with Gasteiger partial charge in [0.1, 0.15) is 0 Å². The van der Waals surface area contributed by atoms with Crippen molar-refractivity contribution in [2.75, 3.05) is 7.11 Å². The fraction of sp³-hybridized carbons (Fsp3) is 0.562. The molecule has 1 aromatic carbocycles. The van der Waals surface area contributed by atoms with Crippen LogP contribution in [0.2, 0.25) is 0 Å². The molecule has 1 atom stereocenters. The van der Waals surface area contributed by atoms with E-state index in [4.69, 9.17) is 9.15 Å². The molecule has 1 aromatic heterocycles. The highest BCUT2D eigenvalue weighted by Gasteiger charge is 2.39. The molecule has 1 saturated carbocycles. The maximum atomic E-state index is 11.7. The molecule has 21 heavy (non-hydrogen) atoms. The Bertz CT molecular complexity index is 690. The summed E-state index contributed by atoms with van der Waals surface area (Å²) in [5, 5.41) is 10.4. The lowest BCUT2D eigenvalue weighted by atomic mass is 9.75.